The highest BCUT2D eigenvalue weighted by Crippen LogP contribution is 2.34. The molecule has 2 aliphatic heterocycles. The van der Waals surface area contributed by atoms with Crippen molar-refractivity contribution in [1.82, 2.24) is 15.1 Å². The highest BCUT2D eigenvalue weighted by molar-refractivity contribution is 5.78. The average Bonchev–Trinajstić information content (AvgIpc) is 3.03. The Labute approximate surface area is 144 Å². The number of hydrogen-bond acceptors (Lipinski definition) is 2. The molecule has 0 unspecified atom stereocenters. The zero-order valence-corrected chi connectivity index (χ0v) is 14.8. The quantitative estimate of drug-likeness (QED) is 0.907. The monoisotopic (exact) mass is 329 g/mol. The molecule has 2 aliphatic rings. The van der Waals surface area contributed by atoms with E-state index < -0.39 is 0 Å². The number of nitrogens with zero attached hydrogens (tertiary/aromatic N) is 2. The molecule has 1 aromatic carbocycles. The molecule has 2 saturated heterocycles. The first kappa shape index (κ1) is 16.8. The van der Waals surface area contributed by atoms with Gasteiger partial charge in [0.15, 0.2) is 0 Å². The van der Waals surface area contributed by atoms with Crippen LogP contribution in [0.5, 0.6) is 0 Å². The largest absolute Gasteiger partial charge is 0.344 e. The van der Waals surface area contributed by atoms with E-state index in [1.165, 1.54) is 16.7 Å². The van der Waals surface area contributed by atoms with Gasteiger partial charge < -0.3 is 15.1 Å². The van der Waals surface area contributed by atoms with Crippen molar-refractivity contribution in [3.05, 3.63) is 34.9 Å². The van der Waals surface area contributed by atoms with Gasteiger partial charge in [-0.15, -0.1) is 0 Å². The highest BCUT2D eigenvalue weighted by Gasteiger charge is 2.33. The van der Waals surface area contributed by atoms with E-state index in [0.29, 0.717) is 13.0 Å². The lowest BCUT2D eigenvalue weighted by Crippen LogP contribution is -2.51. The van der Waals surface area contributed by atoms with Crippen LogP contribution in [0.4, 0.5) is 4.79 Å². The van der Waals surface area contributed by atoms with Gasteiger partial charge in [0.05, 0.1) is 6.04 Å². The number of amides is 3. The van der Waals surface area contributed by atoms with E-state index >= 15 is 0 Å². The summed E-state index contributed by atoms with van der Waals surface area (Å²) in [6.07, 6.45) is 3.30. The van der Waals surface area contributed by atoms with Gasteiger partial charge in [0.25, 0.3) is 0 Å². The van der Waals surface area contributed by atoms with Gasteiger partial charge >= 0.3 is 6.03 Å². The van der Waals surface area contributed by atoms with E-state index in [0.717, 1.165) is 25.8 Å². The molecule has 0 radical (unpaired) electrons. The van der Waals surface area contributed by atoms with Crippen molar-refractivity contribution in [3.8, 4) is 0 Å². The Morgan fingerprint density at radius 2 is 2.04 bits per heavy atom. The second kappa shape index (κ2) is 6.83. The maximum atomic E-state index is 12.8. The number of benzene rings is 1. The normalized spacial score (nSPS) is 24.4. The molecular weight excluding hydrogens is 302 g/mol. The van der Waals surface area contributed by atoms with Crippen molar-refractivity contribution in [1.29, 1.82) is 0 Å². The molecule has 5 nitrogen and oxygen atoms in total. The van der Waals surface area contributed by atoms with Crippen LogP contribution in [0.15, 0.2) is 18.2 Å². The molecule has 3 rings (SSSR count). The molecule has 0 bridgehead atoms. The predicted molar refractivity (Wildman–Crippen MR) is 93.8 cm³/mol. The lowest BCUT2D eigenvalue weighted by atomic mass is 9.96. The predicted octanol–water partition coefficient (Wildman–Crippen LogP) is 2.77. The number of rotatable bonds is 2. The third kappa shape index (κ3) is 3.25. The summed E-state index contributed by atoms with van der Waals surface area (Å²) >= 11 is 0. The first-order chi connectivity index (χ1) is 11.5. The van der Waals surface area contributed by atoms with Crippen LogP contribution >= 0.6 is 0 Å². The van der Waals surface area contributed by atoms with Crippen LogP contribution in [0.1, 0.15) is 48.4 Å². The molecule has 0 aromatic heterocycles. The van der Waals surface area contributed by atoms with Gasteiger partial charge in [-0.2, -0.15) is 0 Å². The number of aryl methyl sites for hydroxylation is 1. The number of piperidine rings is 1. The molecule has 3 amide bonds. The van der Waals surface area contributed by atoms with Crippen molar-refractivity contribution in [2.75, 3.05) is 20.1 Å². The molecule has 2 fully saturated rings. The highest BCUT2D eigenvalue weighted by atomic mass is 16.2. The fourth-order valence-corrected chi connectivity index (χ4v) is 3.86. The fourth-order valence-electron chi connectivity index (χ4n) is 3.86. The summed E-state index contributed by atoms with van der Waals surface area (Å²) in [4.78, 5) is 28.1. The fraction of sp³-hybridized carbons (Fsp3) is 0.579. The minimum atomic E-state index is 0.00570. The van der Waals surface area contributed by atoms with Gasteiger partial charge in [0.1, 0.15) is 0 Å². The minimum absolute atomic E-state index is 0.00570. The molecule has 2 heterocycles. The van der Waals surface area contributed by atoms with Gasteiger partial charge in [0.2, 0.25) is 5.91 Å². The molecule has 5 heteroatoms. The third-order valence-corrected chi connectivity index (χ3v) is 5.47. The van der Waals surface area contributed by atoms with Crippen molar-refractivity contribution in [2.45, 2.75) is 51.6 Å². The van der Waals surface area contributed by atoms with Gasteiger partial charge in [0, 0.05) is 32.6 Å². The van der Waals surface area contributed by atoms with Crippen molar-refractivity contribution in [3.63, 3.8) is 0 Å². The third-order valence-electron chi connectivity index (χ3n) is 5.47. The summed E-state index contributed by atoms with van der Waals surface area (Å²) in [5, 5.41) is 3.14. The summed E-state index contributed by atoms with van der Waals surface area (Å²) in [6.45, 7) is 5.66. The molecular formula is C19H27N3O2. The summed E-state index contributed by atoms with van der Waals surface area (Å²) in [5.74, 6) is 0.162. The van der Waals surface area contributed by atoms with Crippen LogP contribution < -0.4 is 5.32 Å². The van der Waals surface area contributed by atoms with Crippen LogP contribution in [0, 0.1) is 13.8 Å². The smallest absolute Gasteiger partial charge is 0.318 e. The summed E-state index contributed by atoms with van der Waals surface area (Å²) in [6, 6.07) is 6.56. The standard InChI is InChI=1S/C19H27N3O2/c1-13-6-4-7-16(14(13)2)17-8-5-11-22(17)19(24)20-15-9-10-18(23)21(3)12-15/h4,6-7,15,17H,5,8-12H2,1-3H3,(H,20,24)/t15-,17-/m0/s1. The van der Waals surface area contributed by atoms with Crippen LogP contribution in [-0.4, -0.2) is 47.9 Å². The lowest BCUT2D eigenvalue weighted by Gasteiger charge is -2.33. The number of likely N-dealkylation sites (N-methyl/N-ethyl adjacent to an activating group) is 1. The minimum Gasteiger partial charge on any atom is -0.344 e. The van der Waals surface area contributed by atoms with E-state index in [-0.39, 0.29) is 24.0 Å². The number of hydrogen-bond donors (Lipinski definition) is 1. The molecule has 0 aliphatic carbocycles. The van der Waals surface area contributed by atoms with Crippen LogP contribution in [0.3, 0.4) is 0 Å². The Hall–Kier alpha value is -2.04. The van der Waals surface area contributed by atoms with Gasteiger partial charge in [-0.25, -0.2) is 4.79 Å². The zero-order chi connectivity index (χ0) is 17.3. The summed E-state index contributed by atoms with van der Waals surface area (Å²) in [7, 11) is 1.80. The van der Waals surface area contributed by atoms with E-state index in [4.69, 9.17) is 0 Å². The molecule has 24 heavy (non-hydrogen) atoms. The first-order valence-electron chi connectivity index (χ1n) is 8.84. The number of carbonyl (C=O) groups excluding carboxylic acids is 2. The number of urea groups is 1. The number of likely N-dealkylation sites (tertiary alicyclic amines) is 2. The Kier molecular flexibility index (Phi) is 4.78. The Morgan fingerprint density at radius 1 is 1.25 bits per heavy atom. The molecule has 2 atom stereocenters. The Balaban J connectivity index is 1.70. The van der Waals surface area contributed by atoms with Crippen molar-refractivity contribution >= 4 is 11.9 Å². The number of carbonyl (C=O) groups is 2. The van der Waals surface area contributed by atoms with E-state index in [9.17, 15) is 9.59 Å². The Bertz CT molecular complexity index is 643. The Morgan fingerprint density at radius 3 is 2.79 bits per heavy atom. The van der Waals surface area contributed by atoms with Crippen LogP contribution in [-0.2, 0) is 4.79 Å². The second-order valence-electron chi connectivity index (χ2n) is 7.10. The lowest BCUT2D eigenvalue weighted by molar-refractivity contribution is -0.132. The van der Waals surface area contributed by atoms with Gasteiger partial charge in [-0.05, 0) is 49.8 Å². The molecule has 1 N–H and O–H groups in total. The molecule has 1 aromatic rings. The first-order valence-corrected chi connectivity index (χ1v) is 8.84. The maximum absolute atomic E-state index is 12.8. The van der Waals surface area contributed by atoms with Crippen LogP contribution in [0.25, 0.3) is 0 Å². The van der Waals surface area contributed by atoms with Crippen LogP contribution in [0.2, 0.25) is 0 Å². The SMILES string of the molecule is Cc1cccc([C@@H]2CCCN2C(=O)N[C@H]2CCC(=O)N(C)C2)c1C. The summed E-state index contributed by atoms with van der Waals surface area (Å²) in [5.41, 5.74) is 3.82. The van der Waals surface area contributed by atoms with E-state index in [1.54, 1.807) is 11.9 Å². The topological polar surface area (TPSA) is 52.7 Å². The van der Waals surface area contributed by atoms with Gasteiger partial charge in [-0.3, -0.25) is 4.79 Å². The summed E-state index contributed by atoms with van der Waals surface area (Å²) < 4.78 is 0. The van der Waals surface area contributed by atoms with Gasteiger partial charge in [-0.1, -0.05) is 18.2 Å². The number of nitrogens with one attached hydrogen (secondary N) is 1. The second-order valence-corrected chi connectivity index (χ2v) is 7.10. The maximum Gasteiger partial charge on any atom is 0.318 e. The van der Waals surface area contributed by atoms with E-state index in [2.05, 4.69) is 37.4 Å². The van der Waals surface area contributed by atoms with E-state index in [1.807, 2.05) is 4.90 Å². The van der Waals surface area contributed by atoms with Crippen molar-refractivity contribution < 1.29 is 9.59 Å². The molecule has 130 valence electrons. The molecule has 0 spiro atoms. The van der Waals surface area contributed by atoms with Crippen molar-refractivity contribution in [2.24, 2.45) is 0 Å². The molecule has 0 saturated carbocycles. The zero-order valence-electron chi connectivity index (χ0n) is 14.8. The average molecular weight is 329 g/mol.